The van der Waals surface area contributed by atoms with E-state index < -0.39 is 0 Å². The summed E-state index contributed by atoms with van der Waals surface area (Å²) >= 11 is 12.1. The third-order valence-electron chi connectivity index (χ3n) is 3.70. The first-order valence-electron chi connectivity index (χ1n) is 7.20. The molecule has 22 heavy (non-hydrogen) atoms. The van der Waals surface area contributed by atoms with Gasteiger partial charge in [-0.15, -0.1) is 0 Å². The Labute approximate surface area is 138 Å². The van der Waals surface area contributed by atoms with E-state index in [1.807, 2.05) is 12.1 Å². The fourth-order valence-electron chi connectivity index (χ4n) is 2.68. The number of hydrogen-bond acceptors (Lipinski definition) is 5. The molecule has 1 N–H and O–H groups in total. The maximum atomic E-state index is 6.14. The highest BCUT2D eigenvalue weighted by molar-refractivity contribution is 6.42. The van der Waals surface area contributed by atoms with Crippen molar-refractivity contribution < 1.29 is 9.26 Å². The molecule has 0 radical (unpaired) electrons. The van der Waals surface area contributed by atoms with Crippen LogP contribution in [0.1, 0.15) is 23.4 Å². The van der Waals surface area contributed by atoms with E-state index in [0.29, 0.717) is 34.8 Å². The van der Waals surface area contributed by atoms with Crippen LogP contribution in [0.25, 0.3) is 0 Å². The Bertz CT molecular complexity index is 647. The molecule has 1 fully saturated rings. The summed E-state index contributed by atoms with van der Waals surface area (Å²) in [5.41, 5.74) is 1.02. The highest BCUT2D eigenvalue weighted by Crippen LogP contribution is 2.33. The number of halogens is 2. The molecule has 2 atom stereocenters. The second kappa shape index (κ2) is 6.96. The predicted molar refractivity (Wildman–Crippen MR) is 84.3 cm³/mol. The van der Waals surface area contributed by atoms with E-state index in [1.54, 1.807) is 13.0 Å². The van der Waals surface area contributed by atoms with Crippen LogP contribution < -0.4 is 5.32 Å². The van der Waals surface area contributed by atoms with Gasteiger partial charge in [-0.1, -0.05) is 34.4 Å². The van der Waals surface area contributed by atoms with Crippen LogP contribution in [-0.4, -0.2) is 29.8 Å². The number of benzene rings is 1. The number of nitrogens with zero attached hydrogens (tertiary/aromatic N) is 2. The molecule has 1 saturated heterocycles. The lowest BCUT2D eigenvalue weighted by Crippen LogP contribution is -2.26. The lowest BCUT2D eigenvalue weighted by atomic mass is 9.92. The number of hydrogen-bond donors (Lipinski definition) is 1. The summed E-state index contributed by atoms with van der Waals surface area (Å²) in [4.78, 5) is 4.29. The molecule has 3 rings (SSSR count). The minimum absolute atomic E-state index is 0.0800. The van der Waals surface area contributed by atoms with E-state index in [0.717, 1.165) is 18.7 Å². The Morgan fingerprint density at radius 3 is 2.91 bits per heavy atom. The molecule has 0 spiro atoms. The highest BCUT2D eigenvalue weighted by Gasteiger charge is 2.28. The Morgan fingerprint density at radius 2 is 2.18 bits per heavy atom. The Morgan fingerprint density at radius 1 is 1.32 bits per heavy atom. The van der Waals surface area contributed by atoms with E-state index in [-0.39, 0.29) is 12.0 Å². The Hall–Kier alpha value is -1.14. The number of ether oxygens (including phenoxy) is 1. The van der Waals surface area contributed by atoms with Gasteiger partial charge in [-0.05, 0) is 17.7 Å². The van der Waals surface area contributed by atoms with Crippen molar-refractivity contribution in [3.8, 4) is 0 Å². The molecule has 1 aliphatic heterocycles. The fourth-order valence-corrected chi connectivity index (χ4v) is 2.99. The quantitative estimate of drug-likeness (QED) is 0.928. The standard InChI is InChI=1S/C15H17Cl2N3O2/c1-9-19-14(20-22-9)7-11-8-18-4-5-21-15(11)10-2-3-12(16)13(17)6-10/h2-3,6,11,15,18H,4-5,7-8H2,1H3/t11-,15+/m1/s1. The normalized spacial score (nSPS) is 22.5. The topological polar surface area (TPSA) is 60.2 Å². The van der Waals surface area contributed by atoms with Crippen molar-refractivity contribution in [2.75, 3.05) is 19.7 Å². The largest absolute Gasteiger partial charge is 0.372 e. The molecule has 0 amide bonds. The molecule has 0 saturated carbocycles. The summed E-state index contributed by atoms with van der Waals surface area (Å²) in [6.45, 7) is 4.07. The van der Waals surface area contributed by atoms with Gasteiger partial charge in [-0.3, -0.25) is 0 Å². The lowest BCUT2D eigenvalue weighted by molar-refractivity contribution is 0.0300. The number of aryl methyl sites for hydroxylation is 1. The number of nitrogens with one attached hydrogen (secondary N) is 1. The molecular weight excluding hydrogens is 325 g/mol. The second-order valence-electron chi connectivity index (χ2n) is 5.36. The van der Waals surface area contributed by atoms with Crippen LogP contribution in [0.2, 0.25) is 10.0 Å². The van der Waals surface area contributed by atoms with Gasteiger partial charge < -0.3 is 14.6 Å². The molecule has 0 unspecified atom stereocenters. The zero-order valence-corrected chi connectivity index (χ0v) is 13.7. The zero-order chi connectivity index (χ0) is 15.5. The van der Waals surface area contributed by atoms with Crippen molar-refractivity contribution >= 4 is 23.2 Å². The van der Waals surface area contributed by atoms with Crippen LogP contribution in [0.15, 0.2) is 22.7 Å². The van der Waals surface area contributed by atoms with Gasteiger partial charge in [0.2, 0.25) is 5.89 Å². The van der Waals surface area contributed by atoms with Crippen LogP contribution in [0, 0.1) is 12.8 Å². The number of rotatable bonds is 3. The molecule has 7 heteroatoms. The van der Waals surface area contributed by atoms with Gasteiger partial charge in [0.15, 0.2) is 5.82 Å². The van der Waals surface area contributed by atoms with Gasteiger partial charge in [0.25, 0.3) is 0 Å². The first-order chi connectivity index (χ1) is 10.6. The number of aromatic nitrogens is 2. The summed E-state index contributed by atoms with van der Waals surface area (Å²) in [6, 6.07) is 5.63. The predicted octanol–water partition coefficient (Wildman–Crippen LogP) is 3.20. The van der Waals surface area contributed by atoms with E-state index >= 15 is 0 Å². The van der Waals surface area contributed by atoms with Gasteiger partial charge >= 0.3 is 0 Å². The molecule has 1 aromatic carbocycles. The smallest absolute Gasteiger partial charge is 0.223 e. The van der Waals surface area contributed by atoms with Gasteiger partial charge in [0, 0.05) is 32.4 Å². The van der Waals surface area contributed by atoms with Crippen molar-refractivity contribution in [2.45, 2.75) is 19.4 Å². The first kappa shape index (κ1) is 15.7. The molecule has 1 aliphatic rings. The summed E-state index contributed by atoms with van der Waals surface area (Å²) < 4.78 is 11.1. The van der Waals surface area contributed by atoms with E-state index in [1.165, 1.54) is 0 Å². The second-order valence-corrected chi connectivity index (χ2v) is 6.18. The van der Waals surface area contributed by atoms with Gasteiger partial charge in [0.1, 0.15) is 0 Å². The molecule has 2 aromatic rings. The average Bonchev–Trinajstić information content (AvgIpc) is 2.76. The molecular formula is C15H17Cl2N3O2. The van der Waals surface area contributed by atoms with Crippen LogP contribution in [0.5, 0.6) is 0 Å². The van der Waals surface area contributed by atoms with Crippen molar-refractivity contribution in [2.24, 2.45) is 5.92 Å². The average molecular weight is 342 g/mol. The van der Waals surface area contributed by atoms with E-state index in [4.69, 9.17) is 32.5 Å². The molecule has 0 aliphatic carbocycles. The molecule has 118 valence electrons. The lowest BCUT2D eigenvalue weighted by Gasteiger charge is -2.24. The monoisotopic (exact) mass is 341 g/mol. The van der Waals surface area contributed by atoms with Crippen LogP contribution in [0.3, 0.4) is 0 Å². The third kappa shape index (κ3) is 3.60. The summed E-state index contributed by atoms with van der Waals surface area (Å²) in [5, 5.41) is 8.44. The van der Waals surface area contributed by atoms with E-state index in [9.17, 15) is 0 Å². The maximum absolute atomic E-state index is 6.14. The SMILES string of the molecule is Cc1nc(C[C@@H]2CNCCO[C@H]2c2ccc(Cl)c(Cl)c2)no1. The summed E-state index contributed by atoms with van der Waals surface area (Å²) in [5.74, 6) is 1.46. The molecule has 2 heterocycles. The fraction of sp³-hybridized carbons (Fsp3) is 0.467. The van der Waals surface area contributed by atoms with Crippen molar-refractivity contribution in [1.82, 2.24) is 15.5 Å². The van der Waals surface area contributed by atoms with Gasteiger partial charge in [-0.25, -0.2) is 0 Å². The summed E-state index contributed by atoms with van der Waals surface area (Å²) in [7, 11) is 0. The summed E-state index contributed by atoms with van der Waals surface area (Å²) in [6.07, 6.45) is 0.596. The molecule has 0 bridgehead atoms. The van der Waals surface area contributed by atoms with E-state index in [2.05, 4.69) is 15.5 Å². The third-order valence-corrected chi connectivity index (χ3v) is 4.44. The Kier molecular flexibility index (Phi) is 4.98. The van der Waals surface area contributed by atoms with Crippen LogP contribution in [-0.2, 0) is 11.2 Å². The minimum atomic E-state index is -0.0800. The Balaban J connectivity index is 1.85. The minimum Gasteiger partial charge on any atom is -0.372 e. The highest BCUT2D eigenvalue weighted by atomic mass is 35.5. The van der Waals surface area contributed by atoms with Gasteiger partial charge in [0.05, 0.1) is 22.8 Å². The van der Waals surface area contributed by atoms with Crippen molar-refractivity contribution in [3.05, 3.63) is 45.5 Å². The molecule has 5 nitrogen and oxygen atoms in total. The maximum Gasteiger partial charge on any atom is 0.223 e. The zero-order valence-electron chi connectivity index (χ0n) is 12.2. The van der Waals surface area contributed by atoms with Gasteiger partial charge in [-0.2, -0.15) is 4.98 Å². The van der Waals surface area contributed by atoms with Crippen molar-refractivity contribution in [1.29, 1.82) is 0 Å². The molecule has 1 aromatic heterocycles. The van der Waals surface area contributed by atoms with Crippen LogP contribution >= 0.6 is 23.2 Å². The van der Waals surface area contributed by atoms with Crippen LogP contribution in [0.4, 0.5) is 0 Å². The van der Waals surface area contributed by atoms with Crippen molar-refractivity contribution in [3.63, 3.8) is 0 Å². The first-order valence-corrected chi connectivity index (χ1v) is 7.95.